The van der Waals surface area contributed by atoms with E-state index in [4.69, 9.17) is 23.2 Å². The van der Waals surface area contributed by atoms with Gasteiger partial charge in [0.25, 0.3) is 0 Å². The number of fused-ring (bicyclic) bond motifs is 1. The fourth-order valence-electron chi connectivity index (χ4n) is 2.15. The normalized spacial score (nSPS) is 13.2. The van der Waals surface area contributed by atoms with Gasteiger partial charge in [-0.05, 0) is 30.7 Å². The molecule has 0 spiro atoms. The Labute approximate surface area is 131 Å². The van der Waals surface area contributed by atoms with Crippen molar-refractivity contribution in [1.82, 2.24) is 9.78 Å². The van der Waals surface area contributed by atoms with Crippen molar-refractivity contribution in [3.05, 3.63) is 52.2 Å². The summed E-state index contributed by atoms with van der Waals surface area (Å²) in [5.74, 6) is 0.592. The van der Waals surface area contributed by atoms with Crippen LogP contribution in [0.15, 0.2) is 36.6 Å². The molecule has 2 heterocycles. The van der Waals surface area contributed by atoms with Gasteiger partial charge >= 0.3 is 0 Å². The van der Waals surface area contributed by atoms with Crippen LogP contribution in [0, 0.1) is 11.3 Å². The fraction of sp³-hybridized carbons (Fsp3) is 0.0667. The van der Waals surface area contributed by atoms with Gasteiger partial charge in [0.05, 0.1) is 10.7 Å². The summed E-state index contributed by atoms with van der Waals surface area (Å²) in [6.07, 6.45) is 1.80. The van der Waals surface area contributed by atoms with E-state index in [9.17, 15) is 5.26 Å². The van der Waals surface area contributed by atoms with Gasteiger partial charge in [-0.15, -0.1) is 0 Å². The Morgan fingerprint density at radius 3 is 2.81 bits per heavy atom. The van der Waals surface area contributed by atoms with Crippen LogP contribution < -0.4 is 5.32 Å². The molecule has 0 aliphatic carbocycles. The van der Waals surface area contributed by atoms with Crippen molar-refractivity contribution < 1.29 is 0 Å². The van der Waals surface area contributed by atoms with Gasteiger partial charge in [-0.2, -0.15) is 10.4 Å². The largest absolute Gasteiger partial charge is 0.345 e. The van der Waals surface area contributed by atoms with Crippen LogP contribution in [-0.4, -0.2) is 9.78 Å². The first-order valence-electron chi connectivity index (χ1n) is 6.14. The van der Waals surface area contributed by atoms with Gasteiger partial charge in [-0.25, -0.2) is 4.68 Å². The second-order valence-electron chi connectivity index (χ2n) is 4.64. The lowest BCUT2D eigenvalue weighted by atomic mass is 10.1. The summed E-state index contributed by atoms with van der Waals surface area (Å²) in [7, 11) is 0. The number of aromatic nitrogens is 2. The topological polar surface area (TPSA) is 53.6 Å². The SMILES string of the molecule is C=C1C(C)=CNc2c(C#N)c(-c3ccc(Cl)cc3Cl)nn21. The number of nitrogens with zero attached hydrogens (tertiary/aromatic N) is 3. The van der Waals surface area contributed by atoms with Gasteiger partial charge < -0.3 is 5.32 Å². The Balaban J connectivity index is 2.24. The summed E-state index contributed by atoms with van der Waals surface area (Å²) in [6, 6.07) is 7.27. The van der Waals surface area contributed by atoms with Crippen molar-refractivity contribution in [3.8, 4) is 17.3 Å². The molecule has 1 aliphatic heterocycles. The molecule has 1 N–H and O–H groups in total. The Kier molecular flexibility index (Phi) is 3.25. The summed E-state index contributed by atoms with van der Waals surface area (Å²) in [6.45, 7) is 5.90. The highest BCUT2D eigenvalue weighted by atomic mass is 35.5. The number of anilines is 1. The number of benzene rings is 1. The number of hydrogen-bond donors (Lipinski definition) is 1. The Morgan fingerprint density at radius 2 is 2.14 bits per heavy atom. The molecule has 104 valence electrons. The molecule has 4 nitrogen and oxygen atoms in total. The van der Waals surface area contributed by atoms with Gasteiger partial charge in [0.2, 0.25) is 0 Å². The van der Waals surface area contributed by atoms with Crippen LogP contribution >= 0.6 is 23.2 Å². The zero-order valence-electron chi connectivity index (χ0n) is 11.1. The molecule has 1 aromatic heterocycles. The summed E-state index contributed by atoms with van der Waals surface area (Å²) in [4.78, 5) is 0. The molecule has 3 rings (SSSR count). The zero-order chi connectivity index (χ0) is 15.1. The number of allylic oxidation sites excluding steroid dienone is 2. The van der Waals surface area contributed by atoms with Crippen molar-refractivity contribution in [3.63, 3.8) is 0 Å². The van der Waals surface area contributed by atoms with E-state index in [-0.39, 0.29) is 0 Å². The molecule has 0 fully saturated rings. The highest BCUT2D eigenvalue weighted by Gasteiger charge is 2.24. The third-order valence-electron chi connectivity index (χ3n) is 3.32. The van der Waals surface area contributed by atoms with E-state index in [1.807, 2.05) is 6.92 Å². The molecule has 2 aromatic rings. The number of hydrogen-bond acceptors (Lipinski definition) is 3. The summed E-state index contributed by atoms with van der Waals surface area (Å²) >= 11 is 12.1. The Hall–Kier alpha value is -2.22. The van der Waals surface area contributed by atoms with Crippen LogP contribution in [0.1, 0.15) is 12.5 Å². The third kappa shape index (κ3) is 2.11. The van der Waals surface area contributed by atoms with E-state index in [0.717, 1.165) is 11.3 Å². The van der Waals surface area contributed by atoms with Crippen LogP contribution in [0.5, 0.6) is 0 Å². The van der Waals surface area contributed by atoms with Gasteiger partial charge in [0.15, 0.2) is 5.82 Å². The van der Waals surface area contributed by atoms with Gasteiger partial charge in [-0.3, -0.25) is 0 Å². The lowest BCUT2D eigenvalue weighted by Crippen LogP contribution is -2.10. The average molecular weight is 317 g/mol. The molecule has 0 radical (unpaired) electrons. The predicted molar refractivity (Wildman–Crippen MR) is 85.1 cm³/mol. The number of halogens is 2. The Bertz CT molecular complexity index is 840. The summed E-state index contributed by atoms with van der Waals surface area (Å²) < 4.78 is 1.62. The first kappa shape index (κ1) is 13.7. The maximum absolute atomic E-state index is 9.46. The molecule has 0 bridgehead atoms. The van der Waals surface area contributed by atoms with Crippen LogP contribution in [0.25, 0.3) is 17.0 Å². The minimum Gasteiger partial charge on any atom is -0.345 e. The molecule has 1 aromatic carbocycles. The van der Waals surface area contributed by atoms with E-state index in [0.29, 0.717) is 32.7 Å². The standard InChI is InChI=1S/C15H10Cl2N4/c1-8-7-19-15-12(6-18)14(20-21(15)9(8)2)11-4-3-10(16)5-13(11)17/h3-5,7,19H,2H2,1H3. The maximum Gasteiger partial charge on any atom is 0.152 e. The molecule has 0 saturated heterocycles. The quantitative estimate of drug-likeness (QED) is 0.841. The van der Waals surface area contributed by atoms with Crippen molar-refractivity contribution in [2.45, 2.75) is 6.92 Å². The second kappa shape index (κ2) is 4.96. The molecule has 21 heavy (non-hydrogen) atoms. The molecule has 0 saturated carbocycles. The maximum atomic E-state index is 9.46. The van der Waals surface area contributed by atoms with Crippen LogP contribution in [0.2, 0.25) is 10.0 Å². The van der Waals surface area contributed by atoms with Crippen LogP contribution in [0.4, 0.5) is 5.82 Å². The molecule has 6 heteroatoms. The highest BCUT2D eigenvalue weighted by molar-refractivity contribution is 6.36. The van der Waals surface area contributed by atoms with E-state index >= 15 is 0 Å². The molecule has 0 amide bonds. The predicted octanol–water partition coefficient (Wildman–Crippen LogP) is 4.53. The van der Waals surface area contributed by atoms with E-state index < -0.39 is 0 Å². The van der Waals surface area contributed by atoms with E-state index in [1.54, 1.807) is 29.1 Å². The first-order valence-corrected chi connectivity index (χ1v) is 6.90. The molecule has 1 aliphatic rings. The average Bonchev–Trinajstić information content (AvgIpc) is 2.82. The van der Waals surface area contributed by atoms with Crippen molar-refractivity contribution >= 4 is 34.7 Å². The number of nitrogens with one attached hydrogen (secondary N) is 1. The number of nitriles is 1. The lowest BCUT2D eigenvalue weighted by molar-refractivity contribution is 0.901. The second-order valence-corrected chi connectivity index (χ2v) is 5.48. The minimum absolute atomic E-state index is 0.420. The first-order chi connectivity index (χ1) is 10.0. The van der Waals surface area contributed by atoms with Gasteiger partial charge in [0.1, 0.15) is 17.3 Å². The zero-order valence-corrected chi connectivity index (χ0v) is 12.6. The van der Waals surface area contributed by atoms with Gasteiger partial charge in [0, 0.05) is 16.8 Å². The van der Waals surface area contributed by atoms with E-state index in [1.165, 1.54) is 0 Å². The number of rotatable bonds is 1. The van der Waals surface area contributed by atoms with Crippen LogP contribution in [-0.2, 0) is 0 Å². The molecular weight excluding hydrogens is 307 g/mol. The van der Waals surface area contributed by atoms with Crippen molar-refractivity contribution in [2.75, 3.05) is 5.32 Å². The molecular formula is C15H10Cl2N4. The van der Waals surface area contributed by atoms with Gasteiger partial charge in [-0.1, -0.05) is 29.8 Å². The minimum atomic E-state index is 0.420. The lowest BCUT2D eigenvalue weighted by Gasteiger charge is -2.16. The Morgan fingerprint density at radius 1 is 1.38 bits per heavy atom. The monoisotopic (exact) mass is 316 g/mol. The molecule has 0 unspecified atom stereocenters. The third-order valence-corrected chi connectivity index (χ3v) is 3.87. The van der Waals surface area contributed by atoms with Crippen LogP contribution in [0.3, 0.4) is 0 Å². The smallest absolute Gasteiger partial charge is 0.152 e. The highest BCUT2D eigenvalue weighted by Crippen LogP contribution is 2.37. The van der Waals surface area contributed by atoms with E-state index in [2.05, 4.69) is 23.1 Å². The van der Waals surface area contributed by atoms with Crippen molar-refractivity contribution in [2.24, 2.45) is 0 Å². The molecule has 0 atom stereocenters. The summed E-state index contributed by atoms with van der Waals surface area (Å²) in [5, 5.41) is 18.0. The van der Waals surface area contributed by atoms with Crippen molar-refractivity contribution in [1.29, 1.82) is 5.26 Å². The fourth-order valence-corrected chi connectivity index (χ4v) is 2.65. The summed E-state index contributed by atoms with van der Waals surface area (Å²) in [5.41, 5.74) is 3.25.